The maximum Gasteiger partial charge on any atom is 0.113 e. The molecule has 1 rings (SSSR count). The minimum absolute atomic E-state index is 0.138. The van der Waals surface area contributed by atoms with E-state index in [9.17, 15) is 4.39 Å². The summed E-state index contributed by atoms with van der Waals surface area (Å²) in [6.07, 6.45) is 2.73. The predicted molar refractivity (Wildman–Crippen MR) is 36.2 cm³/mol. The Morgan fingerprint density at radius 3 is 2.67 bits per heavy atom. The van der Waals surface area contributed by atoms with Crippen LogP contribution in [-0.4, -0.2) is 18.8 Å². The molecular formula is C7H14FN. The maximum atomic E-state index is 12.5. The molecule has 0 aliphatic carbocycles. The standard InChI is InChI=1S/C7H14FN/c1-6(8)7-4-2-3-5-9-7/h6-7,9H,2-5H2,1H3/t6-,7-/m1/s1. The summed E-state index contributed by atoms with van der Waals surface area (Å²) in [5, 5.41) is 3.14. The van der Waals surface area contributed by atoms with Gasteiger partial charge < -0.3 is 5.32 Å². The zero-order chi connectivity index (χ0) is 6.69. The first-order valence-electron chi connectivity index (χ1n) is 3.68. The number of rotatable bonds is 1. The summed E-state index contributed by atoms with van der Waals surface area (Å²) in [5.41, 5.74) is 0. The van der Waals surface area contributed by atoms with Crippen molar-refractivity contribution < 1.29 is 4.39 Å². The van der Waals surface area contributed by atoms with E-state index in [1.807, 2.05) is 0 Å². The van der Waals surface area contributed by atoms with Gasteiger partial charge in [-0.25, -0.2) is 4.39 Å². The van der Waals surface area contributed by atoms with Crippen molar-refractivity contribution >= 4 is 0 Å². The van der Waals surface area contributed by atoms with Crippen LogP contribution in [-0.2, 0) is 0 Å². The number of piperidine rings is 1. The fraction of sp³-hybridized carbons (Fsp3) is 1.00. The molecule has 0 radical (unpaired) electrons. The van der Waals surface area contributed by atoms with Crippen LogP contribution in [0.1, 0.15) is 26.2 Å². The Labute approximate surface area is 55.6 Å². The fourth-order valence-corrected chi connectivity index (χ4v) is 1.27. The highest BCUT2D eigenvalue weighted by atomic mass is 19.1. The molecule has 1 saturated heterocycles. The highest BCUT2D eigenvalue weighted by Crippen LogP contribution is 2.11. The molecule has 0 aromatic heterocycles. The Bertz CT molecular complexity index is 77.0. The van der Waals surface area contributed by atoms with Gasteiger partial charge in [-0.15, -0.1) is 0 Å². The number of hydrogen-bond donors (Lipinski definition) is 1. The van der Waals surface area contributed by atoms with E-state index in [2.05, 4.69) is 5.32 Å². The summed E-state index contributed by atoms with van der Waals surface area (Å²) in [7, 11) is 0. The van der Waals surface area contributed by atoms with Crippen molar-refractivity contribution in [3.05, 3.63) is 0 Å². The van der Waals surface area contributed by atoms with Crippen LogP contribution >= 0.6 is 0 Å². The molecule has 0 aromatic carbocycles. The van der Waals surface area contributed by atoms with Crippen LogP contribution in [0.2, 0.25) is 0 Å². The van der Waals surface area contributed by atoms with Crippen LogP contribution in [0, 0.1) is 0 Å². The molecule has 1 aliphatic rings. The van der Waals surface area contributed by atoms with Crippen molar-refractivity contribution in [1.29, 1.82) is 0 Å². The minimum atomic E-state index is -0.676. The first-order valence-corrected chi connectivity index (χ1v) is 3.68. The van der Waals surface area contributed by atoms with E-state index in [1.54, 1.807) is 6.92 Å². The van der Waals surface area contributed by atoms with Gasteiger partial charge in [0.1, 0.15) is 6.17 Å². The second-order valence-electron chi connectivity index (χ2n) is 2.73. The second kappa shape index (κ2) is 3.16. The van der Waals surface area contributed by atoms with Gasteiger partial charge in [-0.1, -0.05) is 6.42 Å². The van der Waals surface area contributed by atoms with Gasteiger partial charge in [0.2, 0.25) is 0 Å². The van der Waals surface area contributed by atoms with Gasteiger partial charge in [0.05, 0.1) is 0 Å². The van der Waals surface area contributed by atoms with Crippen molar-refractivity contribution in [2.24, 2.45) is 0 Å². The van der Waals surface area contributed by atoms with Crippen molar-refractivity contribution in [1.82, 2.24) is 5.32 Å². The van der Waals surface area contributed by atoms with E-state index in [1.165, 1.54) is 12.8 Å². The largest absolute Gasteiger partial charge is 0.311 e. The SMILES string of the molecule is C[C@@H](F)[C@H]1CCCCN1. The summed E-state index contributed by atoms with van der Waals surface area (Å²) < 4.78 is 12.5. The Balaban J connectivity index is 2.23. The van der Waals surface area contributed by atoms with Gasteiger partial charge in [0.15, 0.2) is 0 Å². The fourth-order valence-electron chi connectivity index (χ4n) is 1.27. The zero-order valence-electron chi connectivity index (χ0n) is 5.86. The van der Waals surface area contributed by atoms with E-state index < -0.39 is 6.17 Å². The smallest absolute Gasteiger partial charge is 0.113 e. The zero-order valence-corrected chi connectivity index (χ0v) is 5.86. The van der Waals surface area contributed by atoms with Crippen LogP contribution in [0.4, 0.5) is 4.39 Å². The van der Waals surface area contributed by atoms with E-state index in [0.717, 1.165) is 13.0 Å². The van der Waals surface area contributed by atoms with Crippen molar-refractivity contribution in [2.45, 2.75) is 38.4 Å². The molecule has 1 N–H and O–H groups in total. The Morgan fingerprint density at radius 1 is 1.56 bits per heavy atom. The van der Waals surface area contributed by atoms with Gasteiger partial charge in [0, 0.05) is 6.04 Å². The van der Waals surface area contributed by atoms with Crippen LogP contribution in [0.15, 0.2) is 0 Å². The molecule has 0 amide bonds. The van der Waals surface area contributed by atoms with Crippen molar-refractivity contribution in [3.63, 3.8) is 0 Å². The summed E-state index contributed by atoms with van der Waals surface area (Å²) in [6.45, 7) is 2.63. The molecule has 1 aliphatic heterocycles. The molecule has 54 valence electrons. The molecule has 2 atom stereocenters. The molecular weight excluding hydrogens is 117 g/mol. The third-order valence-corrected chi connectivity index (χ3v) is 1.90. The van der Waals surface area contributed by atoms with Crippen LogP contribution in [0.5, 0.6) is 0 Å². The average Bonchev–Trinajstić information content (AvgIpc) is 1.90. The molecule has 9 heavy (non-hydrogen) atoms. The summed E-state index contributed by atoms with van der Waals surface area (Å²) in [6, 6.07) is 0.138. The normalized spacial score (nSPS) is 32.0. The molecule has 0 saturated carbocycles. The van der Waals surface area contributed by atoms with Crippen molar-refractivity contribution in [2.75, 3.05) is 6.54 Å². The van der Waals surface area contributed by atoms with Gasteiger partial charge in [-0.05, 0) is 26.3 Å². The topological polar surface area (TPSA) is 12.0 Å². The van der Waals surface area contributed by atoms with Crippen molar-refractivity contribution in [3.8, 4) is 0 Å². The summed E-state index contributed by atoms with van der Waals surface area (Å²) in [4.78, 5) is 0. The minimum Gasteiger partial charge on any atom is -0.311 e. The molecule has 2 heteroatoms. The van der Waals surface area contributed by atoms with E-state index in [4.69, 9.17) is 0 Å². The second-order valence-corrected chi connectivity index (χ2v) is 2.73. The maximum absolute atomic E-state index is 12.5. The average molecular weight is 131 g/mol. The van der Waals surface area contributed by atoms with E-state index in [0.29, 0.717) is 0 Å². The molecule has 1 heterocycles. The lowest BCUT2D eigenvalue weighted by molar-refractivity contribution is 0.235. The highest BCUT2D eigenvalue weighted by molar-refractivity contribution is 4.76. The summed E-state index contributed by atoms with van der Waals surface area (Å²) in [5.74, 6) is 0. The number of nitrogens with one attached hydrogen (secondary N) is 1. The lowest BCUT2D eigenvalue weighted by Crippen LogP contribution is -2.39. The number of hydrogen-bond acceptors (Lipinski definition) is 1. The van der Waals surface area contributed by atoms with Crippen LogP contribution < -0.4 is 5.32 Å². The molecule has 1 nitrogen and oxygen atoms in total. The first kappa shape index (κ1) is 7.00. The number of alkyl halides is 1. The molecule has 0 spiro atoms. The number of halogens is 1. The van der Waals surface area contributed by atoms with Gasteiger partial charge >= 0.3 is 0 Å². The first-order chi connectivity index (χ1) is 4.30. The monoisotopic (exact) mass is 131 g/mol. The van der Waals surface area contributed by atoms with Crippen LogP contribution in [0.25, 0.3) is 0 Å². The third-order valence-electron chi connectivity index (χ3n) is 1.90. The summed E-state index contributed by atoms with van der Waals surface area (Å²) >= 11 is 0. The molecule has 0 aromatic rings. The van der Waals surface area contributed by atoms with E-state index in [-0.39, 0.29) is 6.04 Å². The van der Waals surface area contributed by atoms with E-state index >= 15 is 0 Å². The quantitative estimate of drug-likeness (QED) is 0.568. The Hall–Kier alpha value is -0.110. The predicted octanol–water partition coefficient (Wildman–Crippen LogP) is 1.49. The van der Waals surface area contributed by atoms with Crippen LogP contribution in [0.3, 0.4) is 0 Å². The van der Waals surface area contributed by atoms with Gasteiger partial charge in [-0.2, -0.15) is 0 Å². The Morgan fingerprint density at radius 2 is 2.33 bits per heavy atom. The van der Waals surface area contributed by atoms with Gasteiger partial charge in [0.25, 0.3) is 0 Å². The molecule has 1 fully saturated rings. The lowest BCUT2D eigenvalue weighted by atomic mass is 10.0. The molecule has 0 bridgehead atoms. The molecule has 0 unspecified atom stereocenters. The third kappa shape index (κ3) is 1.94. The lowest BCUT2D eigenvalue weighted by Gasteiger charge is -2.24. The Kier molecular flexibility index (Phi) is 2.46. The van der Waals surface area contributed by atoms with Gasteiger partial charge in [-0.3, -0.25) is 0 Å². The highest BCUT2D eigenvalue weighted by Gasteiger charge is 2.17.